The maximum atomic E-state index is 10.7. The van der Waals surface area contributed by atoms with Crippen LogP contribution in [-0.4, -0.2) is 27.1 Å². The van der Waals surface area contributed by atoms with Gasteiger partial charge in [0, 0.05) is 5.56 Å². The number of phenols is 1. The number of aromatic hydroxyl groups is 1. The normalized spacial score (nSPS) is 10.6. The van der Waals surface area contributed by atoms with E-state index in [1.165, 1.54) is 18.2 Å². The first kappa shape index (κ1) is 11.9. The van der Waals surface area contributed by atoms with Crippen molar-refractivity contribution < 1.29 is 24.9 Å². The zero-order chi connectivity index (χ0) is 12.1. The lowest BCUT2D eigenvalue weighted by atomic mass is 10.1. The van der Waals surface area contributed by atoms with E-state index in [0.717, 1.165) is 6.08 Å². The van der Waals surface area contributed by atoms with Crippen LogP contribution >= 0.6 is 0 Å². The zero-order valence-electron chi connectivity index (χ0n) is 8.25. The maximum Gasteiger partial charge on any atom is 0.376 e. The van der Waals surface area contributed by atoms with Crippen molar-refractivity contribution in [3.05, 3.63) is 35.4 Å². The summed E-state index contributed by atoms with van der Waals surface area (Å²) in [6, 6.07) is 4.38. The van der Waals surface area contributed by atoms with Gasteiger partial charge in [0.25, 0.3) is 5.78 Å². The van der Waals surface area contributed by atoms with E-state index < -0.39 is 11.8 Å². The lowest BCUT2D eigenvalue weighted by molar-refractivity contribution is -0.146. The number of hydrogen-bond donors (Lipinski definition) is 3. The Kier molecular flexibility index (Phi) is 3.79. The van der Waals surface area contributed by atoms with E-state index in [1.807, 2.05) is 0 Å². The molecule has 0 fully saturated rings. The largest absolute Gasteiger partial charge is 0.507 e. The molecule has 0 saturated carbocycles. The van der Waals surface area contributed by atoms with Crippen LogP contribution in [0.1, 0.15) is 11.1 Å². The Labute approximate surface area is 91.3 Å². The van der Waals surface area contributed by atoms with E-state index in [-0.39, 0.29) is 12.4 Å². The smallest absolute Gasteiger partial charge is 0.376 e. The van der Waals surface area contributed by atoms with Crippen LogP contribution < -0.4 is 0 Å². The molecule has 0 saturated heterocycles. The third kappa shape index (κ3) is 2.93. The molecular formula is C11H10O5. The van der Waals surface area contributed by atoms with Crippen LogP contribution in [0.5, 0.6) is 5.75 Å². The summed E-state index contributed by atoms with van der Waals surface area (Å²) in [5.74, 6) is -2.74. The molecule has 0 aliphatic rings. The first-order valence-electron chi connectivity index (χ1n) is 4.42. The predicted molar refractivity (Wildman–Crippen MR) is 55.7 cm³/mol. The fourth-order valence-electron chi connectivity index (χ4n) is 1.07. The number of rotatable bonds is 4. The van der Waals surface area contributed by atoms with E-state index in [4.69, 9.17) is 10.2 Å². The molecule has 0 heterocycles. The highest BCUT2D eigenvalue weighted by atomic mass is 16.4. The van der Waals surface area contributed by atoms with Gasteiger partial charge in [0.2, 0.25) is 0 Å². The molecule has 1 rings (SSSR count). The van der Waals surface area contributed by atoms with E-state index in [9.17, 15) is 14.7 Å². The van der Waals surface area contributed by atoms with Crippen LogP contribution in [0.25, 0.3) is 6.08 Å². The third-order valence-electron chi connectivity index (χ3n) is 1.90. The highest BCUT2D eigenvalue weighted by Gasteiger charge is 2.06. The summed E-state index contributed by atoms with van der Waals surface area (Å²) in [6.45, 7) is -0.203. The number of aliphatic hydroxyl groups excluding tert-OH is 1. The van der Waals surface area contributed by atoms with Gasteiger partial charge in [-0.1, -0.05) is 12.1 Å². The minimum atomic E-state index is -1.55. The maximum absolute atomic E-state index is 10.7. The van der Waals surface area contributed by atoms with Crippen LogP contribution in [0.2, 0.25) is 0 Å². The molecule has 0 unspecified atom stereocenters. The number of carboxylic acids is 1. The third-order valence-corrected chi connectivity index (χ3v) is 1.90. The van der Waals surface area contributed by atoms with Gasteiger partial charge >= 0.3 is 5.97 Å². The van der Waals surface area contributed by atoms with Crippen molar-refractivity contribution in [3.63, 3.8) is 0 Å². The van der Waals surface area contributed by atoms with Gasteiger partial charge in [-0.3, -0.25) is 4.79 Å². The Morgan fingerprint density at radius 3 is 2.50 bits per heavy atom. The fraction of sp³-hybridized carbons (Fsp3) is 0.0909. The minimum absolute atomic E-state index is 0.124. The highest BCUT2D eigenvalue weighted by Crippen LogP contribution is 2.20. The summed E-state index contributed by atoms with van der Waals surface area (Å²) in [5, 5.41) is 26.6. The first-order valence-corrected chi connectivity index (χ1v) is 4.42. The highest BCUT2D eigenvalue weighted by molar-refractivity contribution is 6.38. The van der Waals surface area contributed by atoms with Crippen LogP contribution in [0.4, 0.5) is 0 Å². The van der Waals surface area contributed by atoms with Gasteiger partial charge in [-0.15, -0.1) is 0 Å². The molecule has 0 radical (unpaired) electrons. The molecule has 16 heavy (non-hydrogen) atoms. The Morgan fingerprint density at radius 2 is 2.00 bits per heavy atom. The molecule has 84 valence electrons. The Balaban J connectivity index is 2.90. The lowest BCUT2D eigenvalue weighted by Gasteiger charge is -2.01. The standard InChI is InChI=1S/C11H10O5/c12-6-7-1-2-8(10(14)5-7)3-4-9(13)11(15)16/h1-5,12,14H,6H2,(H,15,16)/b4-3-. The summed E-state index contributed by atoms with van der Waals surface area (Å²) in [6.07, 6.45) is 2.06. The average molecular weight is 222 g/mol. The monoisotopic (exact) mass is 222 g/mol. The number of aliphatic hydroxyl groups is 1. The van der Waals surface area contributed by atoms with Crippen molar-refractivity contribution in [2.75, 3.05) is 0 Å². The van der Waals surface area contributed by atoms with E-state index >= 15 is 0 Å². The molecule has 3 N–H and O–H groups in total. The topological polar surface area (TPSA) is 94.8 Å². The zero-order valence-corrected chi connectivity index (χ0v) is 8.25. The molecule has 0 bridgehead atoms. The summed E-state index contributed by atoms with van der Waals surface area (Å²) >= 11 is 0. The van der Waals surface area contributed by atoms with Crippen LogP contribution in [0, 0.1) is 0 Å². The minimum Gasteiger partial charge on any atom is -0.507 e. The van der Waals surface area contributed by atoms with Gasteiger partial charge < -0.3 is 15.3 Å². The van der Waals surface area contributed by atoms with Crippen molar-refractivity contribution in [2.24, 2.45) is 0 Å². The number of ketones is 1. The number of benzene rings is 1. The van der Waals surface area contributed by atoms with Gasteiger partial charge in [-0.05, 0) is 23.8 Å². The number of carbonyl (C=O) groups is 2. The lowest BCUT2D eigenvalue weighted by Crippen LogP contribution is -2.08. The number of hydrogen-bond acceptors (Lipinski definition) is 4. The van der Waals surface area contributed by atoms with Gasteiger partial charge in [0.05, 0.1) is 6.61 Å². The Morgan fingerprint density at radius 1 is 1.31 bits per heavy atom. The molecular weight excluding hydrogens is 212 g/mol. The average Bonchev–Trinajstić information content (AvgIpc) is 2.26. The van der Waals surface area contributed by atoms with Crippen LogP contribution in [0.3, 0.4) is 0 Å². The summed E-state index contributed by atoms with van der Waals surface area (Å²) in [7, 11) is 0. The van der Waals surface area contributed by atoms with Crippen molar-refractivity contribution in [1.29, 1.82) is 0 Å². The number of carboxylic acid groups (broad SMARTS) is 1. The number of aliphatic carboxylic acids is 1. The molecule has 0 amide bonds. The fourth-order valence-corrected chi connectivity index (χ4v) is 1.07. The van der Waals surface area contributed by atoms with Crippen LogP contribution in [-0.2, 0) is 16.2 Å². The van der Waals surface area contributed by atoms with Crippen molar-refractivity contribution in [1.82, 2.24) is 0 Å². The Hall–Kier alpha value is -2.14. The molecule has 5 nitrogen and oxygen atoms in total. The molecule has 0 atom stereocenters. The summed E-state index contributed by atoms with van der Waals surface area (Å²) in [4.78, 5) is 21.0. The predicted octanol–water partition coefficient (Wildman–Crippen LogP) is 0.551. The molecule has 0 aliphatic carbocycles. The molecule has 0 spiro atoms. The summed E-state index contributed by atoms with van der Waals surface area (Å²) < 4.78 is 0. The van der Waals surface area contributed by atoms with Crippen LogP contribution in [0.15, 0.2) is 24.3 Å². The molecule has 0 aromatic heterocycles. The first-order chi connectivity index (χ1) is 7.54. The van der Waals surface area contributed by atoms with Crippen molar-refractivity contribution in [2.45, 2.75) is 6.61 Å². The van der Waals surface area contributed by atoms with Crippen molar-refractivity contribution in [3.8, 4) is 5.75 Å². The second kappa shape index (κ2) is 5.09. The molecule has 0 aliphatic heterocycles. The van der Waals surface area contributed by atoms with E-state index in [0.29, 0.717) is 11.1 Å². The second-order valence-electron chi connectivity index (χ2n) is 3.05. The van der Waals surface area contributed by atoms with Gasteiger partial charge in [-0.2, -0.15) is 0 Å². The van der Waals surface area contributed by atoms with Crippen molar-refractivity contribution >= 4 is 17.8 Å². The number of carbonyl (C=O) groups excluding carboxylic acids is 1. The van der Waals surface area contributed by atoms with Gasteiger partial charge in [0.15, 0.2) is 0 Å². The molecule has 5 heteroatoms. The van der Waals surface area contributed by atoms with E-state index in [1.54, 1.807) is 6.07 Å². The second-order valence-corrected chi connectivity index (χ2v) is 3.05. The van der Waals surface area contributed by atoms with E-state index in [2.05, 4.69) is 0 Å². The van der Waals surface area contributed by atoms with Gasteiger partial charge in [-0.25, -0.2) is 4.79 Å². The summed E-state index contributed by atoms with van der Waals surface area (Å²) in [5.41, 5.74) is 0.839. The quantitative estimate of drug-likeness (QED) is 0.511. The Bertz CT molecular complexity index is 448. The number of phenolic OH excluding ortho intramolecular Hbond substituents is 1. The molecule has 1 aromatic rings. The van der Waals surface area contributed by atoms with Gasteiger partial charge in [0.1, 0.15) is 5.75 Å². The SMILES string of the molecule is O=C(O)C(=O)/C=C\c1ccc(CO)cc1O. The molecule has 1 aromatic carbocycles.